The topological polar surface area (TPSA) is 110 Å². The lowest BCUT2D eigenvalue weighted by Gasteiger charge is -2.33. The number of nitrogens with zero attached hydrogens (tertiary/aromatic N) is 2. The molecule has 1 atom stereocenters. The van der Waals surface area contributed by atoms with E-state index in [9.17, 15) is 9.59 Å². The molecular weight excluding hydrogens is 442 g/mol. The van der Waals surface area contributed by atoms with Crippen LogP contribution in [0.1, 0.15) is 63.1 Å². The highest BCUT2D eigenvalue weighted by Gasteiger charge is 2.23. The zero-order chi connectivity index (χ0) is 24.8. The van der Waals surface area contributed by atoms with Gasteiger partial charge >= 0.3 is 12.0 Å². The van der Waals surface area contributed by atoms with Crippen LogP contribution in [0, 0.1) is 5.92 Å². The molecule has 4 rings (SSSR count). The van der Waals surface area contributed by atoms with Gasteiger partial charge in [0.1, 0.15) is 5.65 Å². The first-order valence-corrected chi connectivity index (χ1v) is 12.5. The molecule has 0 bridgehead atoms. The molecule has 1 saturated heterocycles. The molecule has 2 aromatic heterocycles. The molecule has 1 fully saturated rings. The fourth-order valence-electron chi connectivity index (χ4n) is 4.84. The maximum absolute atomic E-state index is 13.1. The number of carbonyl (C=O) groups is 2. The maximum Gasteiger partial charge on any atom is 0.319 e. The van der Waals surface area contributed by atoms with Crippen LogP contribution in [-0.2, 0) is 11.2 Å². The highest BCUT2D eigenvalue weighted by atomic mass is 16.4. The Morgan fingerprint density at radius 2 is 1.94 bits per heavy atom. The monoisotopic (exact) mass is 477 g/mol. The van der Waals surface area contributed by atoms with Crippen LogP contribution in [0.4, 0.5) is 16.2 Å². The van der Waals surface area contributed by atoms with E-state index in [1.54, 1.807) is 12.4 Å². The number of para-hydroxylation sites is 1. The molecule has 35 heavy (non-hydrogen) atoms. The van der Waals surface area contributed by atoms with Crippen molar-refractivity contribution in [2.75, 3.05) is 23.3 Å². The second kappa shape index (κ2) is 11.3. The van der Waals surface area contributed by atoms with Crippen molar-refractivity contribution in [2.24, 2.45) is 5.92 Å². The van der Waals surface area contributed by atoms with Crippen molar-refractivity contribution in [1.29, 1.82) is 0 Å². The summed E-state index contributed by atoms with van der Waals surface area (Å²) in [6.07, 6.45) is 8.31. The number of aromatic nitrogens is 2. The number of H-pyrrole nitrogens is 1. The van der Waals surface area contributed by atoms with Gasteiger partial charge in [-0.3, -0.25) is 4.79 Å². The van der Waals surface area contributed by atoms with Gasteiger partial charge in [-0.25, -0.2) is 9.78 Å². The van der Waals surface area contributed by atoms with Crippen molar-refractivity contribution in [3.05, 3.63) is 53.9 Å². The number of benzene rings is 1. The minimum atomic E-state index is -0.845. The van der Waals surface area contributed by atoms with E-state index in [0.717, 1.165) is 36.0 Å². The van der Waals surface area contributed by atoms with E-state index in [-0.39, 0.29) is 18.5 Å². The molecule has 0 radical (unpaired) electrons. The summed E-state index contributed by atoms with van der Waals surface area (Å²) < 4.78 is 0. The number of aromatic amines is 1. The van der Waals surface area contributed by atoms with Gasteiger partial charge in [0.25, 0.3) is 0 Å². The van der Waals surface area contributed by atoms with E-state index in [1.807, 2.05) is 12.1 Å². The number of amides is 2. The quantitative estimate of drug-likeness (QED) is 0.326. The van der Waals surface area contributed by atoms with E-state index in [0.29, 0.717) is 23.7 Å². The second-order valence-corrected chi connectivity index (χ2v) is 9.71. The third-order valence-electron chi connectivity index (χ3n) is 6.50. The molecule has 3 aromatic rings. The van der Waals surface area contributed by atoms with Gasteiger partial charge in [-0.1, -0.05) is 32.0 Å². The molecule has 0 spiro atoms. The number of anilines is 2. The van der Waals surface area contributed by atoms with Gasteiger partial charge in [0.05, 0.1) is 17.9 Å². The number of aryl methyl sites for hydroxylation is 1. The Kier molecular flexibility index (Phi) is 7.90. The molecule has 8 nitrogen and oxygen atoms in total. The molecule has 3 heterocycles. The fraction of sp³-hybridized carbons (Fsp3) is 0.444. The second-order valence-electron chi connectivity index (χ2n) is 9.71. The van der Waals surface area contributed by atoms with Crippen LogP contribution >= 0.6 is 0 Å². The molecule has 1 unspecified atom stereocenters. The van der Waals surface area contributed by atoms with E-state index in [1.165, 1.54) is 24.9 Å². The molecule has 0 aliphatic carbocycles. The van der Waals surface area contributed by atoms with Crippen molar-refractivity contribution in [3.63, 3.8) is 0 Å². The van der Waals surface area contributed by atoms with E-state index < -0.39 is 5.97 Å². The van der Waals surface area contributed by atoms with Gasteiger partial charge in [0.15, 0.2) is 0 Å². The van der Waals surface area contributed by atoms with Crippen LogP contribution in [0.15, 0.2) is 42.7 Å². The molecule has 1 aromatic carbocycles. The summed E-state index contributed by atoms with van der Waals surface area (Å²) in [7, 11) is 0. The number of hydrogen-bond acceptors (Lipinski definition) is 4. The largest absolute Gasteiger partial charge is 0.481 e. The first-order chi connectivity index (χ1) is 16.9. The number of aliphatic carboxylic acids is 1. The Morgan fingerprint density at radius 3 is 2.69 bits per heavy atom. The molecule has 8 heteroatoms. The number of fused-ring (bicyclic) bond motifs is 1. The van der Waals surface area contributed by atoms with Gasteiger partial charge in [0, 0.05) is 36.8 Å². The molecule has 186 valence electrons. The lowest BCUT2D eigenvalue weighted by Crippen LogP contribution is -2.36. The van der Waals surface area contributed by atoms with Crippen LogP contribution in [0.5, 0.6) is 0 Å². The van der Waals surface area contributed by atoms with Crippen molar-refractivity contribution in [1.82, 2.24) is 15.3 Å². The van der Waals surface area contributed by atoms with Crippen molar-refractivity contribution in [2.45, 2.75) is 58.4 Å². The van der Waals surface area contributed by atoms with Gasteiger partial charge in [0.2, 0.25) is 0 Å². The molecule has 1 aliphatic rings. The number of hydrogen-bond donors (Lipinski definition) is 4. The summed E-state index contributed by atoms with van der Waals surface area (Å²) in [6, 6.07) is 9.83. The van der Waals surface area contributed by atoms with Gasteiger partial charge in [-0.05, 0) is 61.3 Å². The van der Waals surface area contributed by atoms with Gasteiger partial charge in [-0.2, -0.15) is 0 Å². The summed E-state index contributed by atoms with van der Waals surface area (Å²) in [4.78, 5) is 34.0. The SMILES string of the molecule is CC(C)CC(NC(=O)Nc1cnc2[nH]cc(CCC(=O)O)c2c1)c1ccccc1N1CCCCC1. The first-order valence-electron chi connectivity index (χ1n) is 12.5. The Bertz CT molecular complexity index is 1170. The Balaban J connectivity index is 1.51. The highest BCUT2D eigenvalue weighted by molar-refractivity contribution is 5.92. The highest BCUT2D eigenvalue weighted by Crippen LogP contribution is 2.32. The zero-order valence-electron chi connectivity index (χ0n) is 20.5. The van der Waals surface area contributed by atoms with Crippen LogP contribution in [0.25, 0.3) is 11.0 Å². The minimum absolute atomic E-state index is 0.0401. The van der Waals surface area contributed by atoms with E-state index in [4.69, 9.17) is 5.11 Å². The zero-order valence-corrected chi connectivity index (χ0v) is 20.5. The molecular formula is C27H35N5O3. The molecule has 0 saturated carbocycles. The number of rotatable bonds is 9. The standard InChI is InChI=1S/C27H35N5O3/c1-18(2)14-23(21-8-4-5-9-24(21)32-12-6-3-7-13-32)31-27(35)30-20-15-22-19(10-11-25(33)34)16-28-26(22)29-17-20/h4-5,8-9,15-18,23H,3,6-7,10-14H2,1-2H3,(H,28,29)(H,33,34)(H2,30,31,35). The summed E-state index contributed by atoms with van der Waals surface area (Å²) in [5.74, 6) is -0.439. The fourth-order valence-corrected chi connectivity index (χ4v) is 4.84. The van der Waals surface area contributed by atoms with Gasteiger partial charge in [-0.15, -0.1) is 0 Å². The number of carbonyl (C=O) groups excluding carboxylic acids is 1. The van der Waals surface area contributed by atoms with Crippen LogP contribution < -0.4 is 15.5 Å². The summed E-state index contributed by atoms with van der Waals surface area (Å²) in [6.45, 7) is 6.42. The third kappa shape index (κ3) is 6.32. The predicted molar refractivity (Wildman–Crippen MR) is 139 cm³/mol. The van der Waals surface area contributed by atoms with E-state index >= 15 is 0 Å². The van der Waals surface area contributed by atoms with E-state index in [2.05, 4.69) is 57.5 Å². The Morgan fingerprint density at radius 1 is 1.17 bits per heavy atom. The van der Waals surface area contributed by atoms with Crippen molar-refractivity contribution >= 4 is 34.4 Å². The number of carboxylic acid groups (broad SMARTS) is 1. The summed E-state index contributed by atoms with van der Waals surface area (Å²) >= 11 is 0. The lowest BCUT2D eigenvalue weighted by atomic mass is 9.94. The smallest absolute Gasteiger partial charge is 0.319 e. The minimum Gasteiger partial charge on any atom is -0.481 e. The number of urea groups is 1. The average Bonchev–Trinajstić information content (AvgIpc) is 3.25. The number of carboxylic acids is 1. The maximum atomic E-state index is 13.1. The number of nitrogens with one attached hydrogen (secondary N) is 3. The van der Waals surface area contributed by atoms with Gasteiger partial charge < -0.3 is 25.6 Å². The summed E-state index contributed by atoms with van der Waals surface area (Å²) in [5, 5.41) is 16.0. The Labute approximate surface area is 206 Å². The van der Waals surface area contributed by atoms with Crippen LogP contribution in [0.3, 0.4) is 0 Å². The summed E-state index contributed by atoms with van der Waals surface area (Å²) in [5.41, 5.74) is 4.46. The first kappa shape index (κ1) is 24.6. The van der Waals surface area contributed by atoms with Crippen LogP contribution in [0.2, 0.25) is 0 Å². The molecule has 1 aliphatic heterocycles. The Hall–Kier alpha value is -3.55. The number of piperidine rings is 1. The lowest BCUT2D eigenvalue weighted by molar-refractivity contribution is -0.136. The van der Waals surface area contributed by atoms with Crippen molar-refractivity contribution < 1.29 is 14.7 Å². The number of pyridine rings is 1. The normalized spacial score (nSPS) is 14.8. The predicted octanol–water partition coefficient (Wildman–Crippen LogP) is 5.48. The molecule has 2 amide bonds. The van der Waals surface area contributed by atoms with Crippen LogP contribution in [-0.4, -0.2) is 40.2 Å². The average molecular weight is 478 g/mol. The van der Waals surface area contributed by atoms with Crippen molar-refractivity contribution in [3.8, 4) is 0 Å². The molecule has 4 N–H and O–H groups in total. The third-order valence-corrected chi connectivity index (χ3v) is 6.50.